The minimum atomic E-state index is -0.893. The van der Waals surface area contributed by atoms with Crippen LogP contribution in [0.5, 0.6) is 0 Å². The van der Waals surface area contributed by atoms with Gasteiger partial charge in [-0.2, -0.15) is 0 Å². The molecule has 8 heteroatoms. The van der Waals surface area contributed by atoms with E-state index in [0.29, 0.717) is 24.0 Å². The van der Waals surface area contributed by atoms with Crippen LogP contribution in [0.4, 0.5) is 0 Å². The van der Waals surface area contributed by atoms with Gasteiger partial charge in [-0.15, -0.1) is 22.7 Å². The summed E-state index contributed by atoms with van der Waals surface area (Å²) in [5.41, 5.74) is 1.52. The van der Waals surface area contributed by atoms with Gasteiger partial charge in [0.05, 0.1) is 28.8 Å². The molecule has 0 aliphatic heterocycles. The molecule has 3 heterocycles. The second-order valence-electron chi connectivity index (χ2n) is 5.26. The zero-order valence-electron chi connectivity index (χ0n) is 12.7. The molecule has 1 N–H and O–H groups in total. The number of carboxylic acids is 1. The lowest BCUT2D eigenvalue weighted by Gasteiger charge is -2.03. The average Bonchev–Trinajstić information content (AvgIpc) is 3.03. The van der Waals surface area contributed by atoms with Gasteiger partial charge in [0.1, 0.15) is 4.83 Å². The van der Waals surface area contributed by atoms with Gasteiger partial charge in [0.15, 0.2) is 0 Å². The Balaban J connectivity index is 1.81. The summed E-state index contributed by atoms with van der Waals surface area (Å²) in [6, 6.07) is 0. The van der Waals surface area contributed by atoms with Crippen LogP contribution in [0.25, 0.3) is 10.2 Å². The largest absolute Gasteiger partial charge is 0.481 e. The fraction of sp³-hybridized carbons (Fsp3) is 0.333. The van der Waals surface area contributed by atoms with E-state index in [4.69, 9.17) is 5.11 Å². The Labute approximate surface area is 140 Å². The smallest absolute Gasteiger partial charge is 0.309 e. The first kappa shape index (κ1) is 15.8. The number of aryl methyl sites for hydroxylation is 4. The molecule has 120 valence electrons. The van der Waals surface area contributed by atoms with Crippen LogP contribution in [0, 0.1) is 13.8 Å². The van der Waals surface area contributed by atoms with Crippen LogP contribution in [0.3, 0.4) is 0 Å². The van der Waals surface area contributed by atoms with E-state index in [1.807, 2.05) is 13.8 Å². The van der Waals surface area contributed by atoms with Crippen molar-refractivity contribution in [3.63, 3.8) is 0 Å². The standard InChI is InChI=1S/C15H15N3O3S2/c1-8-9(2)23-14-13(8)15(21)18(7-16-14)4-3-11-17-10(6-22-11)5-12(19)20/h6-7H,3-5H2,1-2H3,(H,19,20). The fourth-order valence-corrected chi connectivity index (χ4v) is 4.12. The van der Waals surface area contributed by atoms with Crippen LogP contribution in [0.1, 0.15) is 21.1 Å². The van der Waals surface area contributed by atoms with E-state index < -0.39 is 5.97 Å². The minimum Gasteiger partial charge on any atom is -0.481 e. The molecule has 0 radical (unpaired) electrons. The fourth-order valence-electron chi connectivity index (χ4n) is 2.35. The maximum atomic E-state index is 12.6. The van der Waals surface area contributed by atoms with Gasteiger partial charge in [-0.05, 0) is 19.4 Å². The number of hydrogen-bond donors (Lipinski definition) is 1. The molecule has 0 aliphatic carbocycles. The molecule has 0 amide bonds. The molecule has 0 bridgehead atoms. The molecule has 0 spiro atoms. The van der Waals surface area contributed by atoms with Crippen molar-refractivity contribution in [3.8, 4) is 0 Å². The molecule has 0 fully saturated rings. The topological polar surface area (TPSA) is 85.1 Å². The van der Waals surface area contributed by atoms with E-state index in [9.17, 15) is 9.59 Å². The van der Waals surface area contributed by atoms with Gasteiger partial charge in [0.2, 0.25) is 0 Å². The molecular weight excluding hydrogens is 334 g/mol. The van der Waals surface area contributed by atoms with E-state index in [1.165, 1.54) is 22.7 Å². The van der Waals surface area contributed by atoms with Gasteiger partial charge in [-0.3, -0.25) is 14.2 Å². The summed E-state index contributed by atoms with van der Waals surface area (Å²) < 4.78 is 1.60. The summed E-state index contributed by atoms with van der Waals surface area (Å²) in [5.74, 6) is -0.893. The molecule has 0 saturated carbocycles. The van der Waals surface area contributed by atoms with Gasteiger partial charge in [-0.1, -0.05) is 0 Å². The molecule has 0 aromatic carbocycles. The number of aliphatic carboxylic acids is 1. The molecule has 0 aliphatic rings. The van der Waals surface area contributed by atoms with E-state index in [-0.39, 0.29) is 12.0 Å². The second kappa shape index (κ2) is 6.21. The van der Waals surface area contributed by atoms with E-state index in [0.717, 1.165) is 20.3 Å². The highest BCUT2D eigenvalue weighted by Crippen LogP contribution is 2.25. The number of thiophene rings is 1. The lowest BCUT2D eigenvalue weighted by atomic mass is 10.2. The Kier molecular flexibility index (Phi) is 4.27. The Morgan fingerprint density at radius 1 is 1.39 bits per heavy atom. The van der Waals surface area contributed by atoms with Crippen molar-refractivity contribution in [1.29, 1.82) is 0 Å². The van der Waals surface area contributed by atoms with Crippen molar-refractivity contribution >= 4 is 38.9 Å². The van der Waals surface area contributed by atoms with E-state index in [1.54, 1.807) is 16.3 Å². The van der Waals surface area contributed by atoms with Crippen molar-refractivity contribution in [3.05, 3.63) is 43.2 Å². The van der Waals surface area contributed by atoms with Gasteiger partial charge >= 0.3 is 5.97 Å². The highest BCUT2D eigenvalue weighted by Gasteiger charge is 2.12. The van der Waals surface area contributed by atoms with Gasteiger partial charge < -0.3 is 5.11 Å². The molecule has 3 aromatic heterocycles. The number of nitrogens with zero attached hydrogens (tertiary/aromatic N) is 3. The van der Waals surface area contributed by atoms with E-state index in [2.05, 4.69) is 9.97 Å². The lowest BCUT2D eigenvalue weighted by molar-refractivity contribution is -0.136. The summed E-state index contributed by atoms with van der Waals surface area (Å²) in [6.45, 7) is 4.42. The van der Waals surface area contributed by atoms with Gasteiger partial charge in [0, 0.05) is 23.2 Å². The SMILES string of the molecule is Cc1sc2ncn(CCc3nc(CC(=O)O)cs3)c(=O)c2c1C. The monoisotopic (exact) mass is 349 g/mol. The van der Waals surface area contributed by atoms with Crippen LogP contribution in [-0.4, -0.2) is 25.6 Å². The number of thiazole rings is 1. The summed E-state index contributed by atoms with van der Waals surface area (Å²) in [6.07, 6.45) is 2.09. The number of carboxylic acid groups (broad SMARTS) is 1. The Morgan fingerprint density at radius 3 is 2.91 bits per heavy atom. The molecule has 0 unspecified atom stereocenters. The first-order chi connectivity index (χ1) is 11.0. The third kappa shape index (κ3) is 3.18. The first-order valence-electron chi connectivity index (χ1n) is 7.06. The molecule has 3 rings (SSSR count). The molecule has 6 nitrogen and oxygen atoms in total. The highest BCUT2D eigenvalue weighted by atomic mass is 32.1. The Hall–Kier alpha value is -2.06. The summed E-state index contributed by atoms with van der Waals surface area (Å²) in [5, 5.41) is 12.0. The van der Waals surface area contributed by atoms with Crippen LogP contribution in [0.15, 0.2) is 16.5 Å². The Bertz CT molecular complexity index is 939. The average molecular weight is 349 g/mol. The molecule has 0 saturated heterocycles. The van der Waals surface area contributed by atoms with Crippen LogP contribution in [0.2, 0.25) is 0 Å². The van der Waals surface area contributed by atoms with Crippen LogP contribution >= 0.6 is 22.7 Å². The second-order valence-corrected chi connectivity index (χ2v) is 7.41. The Morgan fingerprint density at radius 2 is 2.17 bits per heavy atom. The zero-order chi connectivity index (χ0) is 16.6. The first-order valence-corrected chi connectivity index (χ1v) is 8.75. The summed E-state index contributed by atoms with van der Waals surface area (Å²) in [4.78, 5) is 33.8. The highest BCUT2D eigenvalue weighted by molar-refractivity contribution is 7.18. The maximum Gasteiger partial charge on any atom is 0.309 e. The molecular formula is C15H15N3O3S2. The van der Waals surface area contributed by atoms with Crippen molar-refractivity contribution in [1.82, 2.24) is 14.5 Å². The number of hydrogen-bond acceptors (Lipinski definition) is 6. The summed E-state index contributed by atoms with van der Waals surface area (Å²) >= 11 is 2.95. The van der Waals surface area contributed by atoms with Gasteiger partial charge in [0.25, 0.3) is 5.56 Å². The third-order valence-corrected chi connectivity index (χ3v) is 5.73. The number of carbonyl (C=O) groups is 1. The van der Waals surface area contributed by atoms with Crippen molar-refractivity contribution < 1.29 is 9.90 Å². The normalized spacial score (nSPS) is 11.2. The minimum absolute atomic E-state index is 0.0286. The zero-order valence-corrected chi connectivity index (χ0v) is 14.3. The molecule has 3 aromatic rings. The predicted molar refractivity (Wildman–Crippen MR) is 90.5 cm³/mol. The van der Waals surface area contributed by atoms with Crippen LogP contribution in [-0.2, 0) is 24.2 Å². The summed E-state index contributed by atoms with van der Waals surface area (Å²) in [7, 11) is 0. The van der Waals surface area contributed by atoms with Crippen molar-refractivity contribution in [2.24, 2.45) is 0 Å². The van der Waals surface area contributed by atoms with Gasteiger partial charge in [-0.25, -0.2) is 9.97 Å². The lowest BCUT2D eigenvalue weighted by Crippen LogP contribution is -2.21. The predicted octanol–water partition coefficient (Wildman–Crippen LogP) is 2.40. The van der Waals surface area contributed by atoms with Crippen LogP contribution < -0.4 is 5.56 Å². The third-order valence-electron chi connectivity index (χ3n) is 3.65. The maximum absolute atomic E-state index is 12.6. The number of aromatic nitrogens is 3. The number of rotatable bonds is 5. The number of fused-ring (bicyclic) bond motifs is 1. The van der Waals surface area contributed by atoms with Crippen molar-refractivity contribution in [2.75, 3.05) is 0 Å². The van der Waals surface area contributed by atoms with Crippen molar-refractivity contribution in [2.45, 2.75) is 33.2 Å². The quantitative estimate of drug-likeness (QED) is 0.764. The molecule has 23 heavy (non-hydrogen) atoms. The molecule has 0 atom stereocenters. The van der Waals surface area contributed by atoms with E-state index >= 15 is 0 Å².